The Hall–Kier alpha value is -2.58. The average molecular weight is 341 g/mol. The predicted octanol–water partition coefficient (Wildman–Crippen LogP) is 0.408. The van der Waals surface area contributed by atoms with Gasteiger partial charge in [0.05, 0.1) is 12.1 Å². The molecule has 1 aromatic carbocycles. The molecule has 4 N–H and O–H groups in total. The largest absolute Gasteiger partial charge is 0.479 e. The van der Waals surface area contributed by atoms with Crippen molar-refractivity contribution in [3.63, 3.8) is 0 Å². The quantitative estimate of drug-likeness (QED) is 0.602. The van der Waals surface area contributed by atoms with Gasteiger partial charge in [-0.15, -0.1) is 0 Å². The fourth-order valence-electron chi connectivity index (χ4n) is 1.95. The van der Waals surface area contributed by atoms with Crippen molar-refractivity contribution in [2.75, 3.05) is 0 Å². The molecule has 8 nitrogen and oxygen atoms in total. The lowest BCUT2D eigenvalue weighted by Gasteiger charge is -2.21. The van der Waals surface area contributed by atoms with Crippen LogP contribution < -0.4 is 10.9 Å². The standard InChI is InChI=1S/C14H13ClN2O6/c15-8-4-2-1-3-7(8)5-9(12(19)14(21)22)16-13(20)10-6-11(18)17-23-10/h1-4,6,9,12,19H,5H2,(H,16,20)(H,17,18)(H,21,22)/t9-,12-/m1/s1. The number of aromatic amines is 1. The molecule has 0 spiro atoms. The first-order valence-electron chi connectivity index (χ1n) is 6.52. The number of carboxylic acids is 1. The van der Waals surface area contributed by atoms with Crippen LogP contribution in [0.25, 0.3) is 0 Å². The van der Waals surface area contributed by atoms with Gasteiger partial charge in [0.2, 0.25) is 5.76 Å². The third-order valence-electron chi connectivity index (χ3n) is 3.10. The monoisotopic (exact) mass is 340 g/mol. The number of rotatable bonds is 6. The van der Waals surface area contributed by atoms with Gasteiger partial charge in [0.1, 0.15) is 0 Å². The fraction of sp³-hybridized carbons (Fsp3) is 0.214. The molecule has 1 amide bonds. The smallest absolute Gasteiger partial charge is 0.334 e. The van der Waals surface area contributed by atoms with Gasteiger partial charge >= 0.3 is 5.97 Å². The summed E-state index contributed by atoms with van der Waals surface area (Å²) in [4.78, 5) is 34.0. The third-order valence-corrected chi connectivity index (χ3v) is 3.46. The zero-order chi connectivity index (χ0) is 17.0. The number of nitrogens with one attached hydrogen (secondary N) is 2. The van der Waals surface area contributed by atoms with Crippen molar-refractivity contribution >= 4 is 23.5 Å². The number of amides is 1. The molecule has 0 aliphatic rings. The number of carbonyl (C=O) groups excluding carboxylic acids is 1. The van der Waals surface area contributed by atoms with Crippen molar-refractivity contribution in [1.29, 1.82) is 0 Å². The van der Waals surface area contributed by atoms with E-state index in [9.17, 15) is 19.5 Å². The van der Waals surface area contributed by atoms with E-state index in [1.807, 2.05) is 5.16 Å². The Morgan fingerprint density at radius 2 is 2.04 bits per heavy atom. The summed E-state index contributed by atoms with van der Waals surface area (Å²) in [5.41, 5.74) is -0.0631. The second-order valence-corrected chi connectivity index (χ2v) is 5.14. The lowest BCUT2D eigenvalue weighted by Crippen LogP contribution is -2.48. The predicted molar refractivity (Wildman–Crippen MR) is 79.4 cm³/mol. The van der Waals surface area contributed by atoms with Gasteiger partial charge in [-0.1, -0.05) is 29.8 Å². The van der Waals surface area contributed by atoms with E-state index in [4.69, 9.17) is 16.7 Å². The number of H-pyrrole nitrogens is 1. The van der Waals surface area contributed by atoms with E-state index >= 15 is 0 Å². The van der Waals surface area contributed by atoms with Crippen LogP contribution in [-0.4, -0.2) is 39.4 Å². The minimum atomic E-state index is -1.86. The zero-order valence-corrected chi connectivity index (χ0v) is 12.4. The number of aliphatic carboxylic acids is 1. The van der Waals surface area contributed by atoms with E-state index in [1.54, 1.807) is 24.3 Å². The Balaban J connectivity index is 2.20. The first-order chi connectivity index (χ1) is 10.9. The number of aliphatic hydroxyl groups excluding tert-OH is 1. The van der Waals surface area contributed by atoms with E-state index in [2.05, 4.69) is 9.84 Å². The Kier molecular flexibility index (Phi) is 5.20. The summed E-state index contributed by atoms with van der Waals surface area (Å²) in [6.07, 6.45) is -1.88. The van der Waals surface area contributed by atoms with Crippen LogP contribution in [0.3, 0.4) is 0 Å². The van der Waals surface area contributed by atoms with Gasteiger partial charge in [-0.3, -0.25) is 9.59 Å². The minimum absolute atomic E-state index is 0.0203. The number of halogens is 1. The number of carbonyl (C=O) groups is 2. The number of aliphatic hydroxyl groups is 1. The van der Waals surface area contributed by atoms with Gasteiger partial charge in [-0.05, 0) is 18.1 Å². The Bertz CT molecular complexity index is 768. The molecule has 0 saturated heterocycles. The number of aromatic nitrogens is 1. The molecule has 0 saturated carbocycles. The van der Waals surface area contributed by atoms with E-state index in [0.29, 0.717) is 10.6 Å². The third kappa shape index (κ3) is 4.21. The molecule has 23 heavy (non-hydrogen) atoms. The van der Waals surface area contributed by atoms with E-state index in [-0.39, 0.29) is 12.2 Å². The highest BCUT2D eigenvalue weighted by molar-refractivity contribution is 6.31. The second-order valence-electron chi connectivity index (χ2n) is 4.74. The lowest BCUT2D eigenvalue weighted by molar-refractivity contribution is -0.148. The van der Waals surface area contributed by atoms with Gasteiger partial charge < -0.3 is 20.1 Å². The molecule has 9 heteroatoms. The first-order valence-corrected chi connectivity index (χ1v) is 6.90. The molecule has 2 rings (SSSR count). The number of carboxylic acid groups (broad SMARTS) is 1. The van der Waals surface area contributed by atoms with Crippen molar-refractivity contribution in [2.24, 2.45) is 0 Å². The van der Waals surface area contributed by atoms with Gasteiger partial charge in [0.25, 0.3) is 11.5 Å². The number of hydrogen-bond donors (Lipinski definition) is 4. The van der Waals surface area contributed by atoms with E-state index < -0.39 is 29.6 Å². The molecular formula is C14H13ClN2O6. The molecule has 0 radical (unpaired) electrons. The average Bonchev–Trinajstić information content (AvgIpc) is 2.94. The topological polar surface area (TPSA) is 133 Å². The molecule has 0 aliphatic carbocycles. The van der Waals surface area contributed by atoms with Crippen LogP contribution in [0.5, 0.6) is 0 Å². The van der Waals surface area contributed by atoms with Crippen molar-refractivity contribution < 1.29 is 24.3 Å². The summed E-state index contributed by atoms with van der Waals surface area (Å²) in [6.45, 7) is 0. The zero-order valence-electron chi connectivity index (χ0n) is 11.7. The molecule has 1 aromatic heterocycles. The summed E-state index contributed by atoms with van der Waals surface area (Å²) >= 11 is 6.00. The number of benzene rings is 1. The maximum absolute atomic E-state index is 12.0. The maximum atomic E-state index is 12.0. The van der Waals surface area contributed by atoms with Crippen LogP contribution in [0.1, 0.15) is 16.1 Å². The highest BCUT2D eigenvalue weighted by Gasteiger charge is 2.29. The fourth-order valence-corrected chi connectivity index (χ4v) is 2.16. The lowest BCUT2D eigenvalue weighted by atomic mass is 10.0. The molecular weight excluding hydrogens is 328 g/mol. The van der Waals surface area contributed by atoms with Gasteiger partial charge in [-0.25, -0.2) is 4.79 Å². The van der Waals surface area contributed by atoms with Crippen molar-refractivity contribution in [3.05, 3.63) is 57.0 Å². The van der Waals surface area contributed by atoms with E-state index in [0.717, 1.165) is 6.07 Å². The summed E-state index contributed by atoms with van der Waals surface area (Å²) < 4.78 is 4.64. The minimum Gasteiger partial charge on any atom is -0.479 e. The number of hydrogen-bond acceptors (Lipinski definition) is 5. The molecule has 0 fully saturated rings. The Morgan fingerprint density at radius 1 is 1.35 bits per heavy atom. The molecule has 0 aliphatic heterocycles. The highest BCUT2D eigenvalue weighted by Crippen LogP contribution is 2.18. The summed E-state index contributed by atoms with van der Waals surface area (Å²) in [6, 6.07) is 6.38. The van der Waals surface area contributed by atoms with Crippen LogP contribution in [0, 0.1) is 0 Å². The SMILES string of the molecule is O=C(N[C@H](Cc1ccccc1Cl)[C@@H](O)C(=O)O)c1cc(=O)[nH]o1. The van der Waals surface area contributed by atoms with Crippen LogP contribution in [-0.2, 0) is 11.2 Å². The first kappa shape index (κ1) is 16.8. The molecule has 1 heterocycles. The maximum Gasteiger partial charge on any atom is 0.334 e. The Morgan fingerprint density at radius 3 is 2.61 bits per heavy atom. The normalized spacial score (nSPS) is 13.3. The summed E-state index contributed by atoms with van der Waals surface area (Å²) in [5.74, 6) is -2.66. The van der Waals surface area contributed by atoms with Crippen LogP contribution in [0.2, 0.25) is 5.02 Å². The second kappa shape index (κ2) is 7.12. The van der Waals surface area contributed by atoms with Crippen molar-refractivity contribution in [2.45, 2.75) is 18.6 Å². The van der Waals surface area contributed by atoms with Crippen LogP contribution in [0.15, 0.2) is 39.6 Å². The molecule has 0 bridgehead atoms. The summed E-state index contributed by atoms with van der Waals surface area (Å²) in [7, 11) is 0. The van der Waals surface area contributed by atoms with Gasteiger partial charge in [0.15, 0.2) is 6.10 Å². The highest BCUT2D eigenvalue weighted by atomic mass is 35.5. The van der Waals surface area contributed by atoms with Gasteiger partial charge in [0, 0.05) is 5.02 Å². The van der Waals surface area contributed by atoms with Crippen molar-refractivity contribution in [1.82, 2.24) is 10.5 Å². The van der Waals surface area contributed by atoms with Gasteiger partial charge in [-0.2, -0.15) is 5.16 Å². The molecule has 2 atom stereocenters. The van der Waals surface area contributed by atoms with Crippen LogP contribution >= 0.6 is 11.6 Å². The van der Waals surface area contributed by atoms with Crippen LogP contribution in [0.4, 0.5) is 0 Å². The Labute approximate surface area is 134 Å². The molecule has 2 aromatic rings. The van der Waals surface area contributed by atoms with Crippen molar-refractivity contribution in [3.8, 4) is 0 Å². The van der Waals surface area contributed by atoms with E-state index in [1.165, 1.54) is 0 Å². The summed E-state index contributed by atoms with van der Waals surface area (Å²) in [5, 5.41) is 23.4. The molecule has 122 valence electrons. The molecule has 0 unspecified atom stereocenters.